The lowest BCUT2D eigenvalue weighted by Gasteiger charge is -2.20. The number of amides is 1. The molecule has 2 atom stereocenters. The molecule has 2 aromatic carbocycles. The summed E-state index contributed by atoms with van der Waals surface area (Å²) in [5, 5.41) is 15.4. The van der Waals surface area contributed by atoms with Crippen LogP contribution >= 0.6 is 11.8 Å². The normalized spacial score (nSPS) is 17.9. The predicted octanol–water partition coefficient (Wildman–Crippen LogP) is 2.78. The minimum atomic E-state index is -0.935. The molecule has 0 spiro atoms. The highest BCUT2D eigenvalue weighted by Crippen LogP contribution is 2.30. The quantitative estimate of drug-likeness (QED) is 0.742. The van der Waals surface area contributed by atoms with Crippen LogP contribution in [0.1, 0.15) is 12.0 Å². The van der Waals surface area contributed by atoms with Crippen LogP contribution in [0.3, 0.4) is 0 Å². The van der Waals surface area contributed by atoms with Crippen LogP contribution in [0.5, 0.6) is 0 Å². The molecule has 5 nitrogen and oxygen atoms in total. The van der Waals surface area contributed by atoms with Crippen molar-refractivity contribution in [3.05, 3.63) is 60.2 Å². The third kappa shape index (κ3) is 4.61. The molecule has 1 aliphatic heterocycles. The molecule has 0 bridgehead atoms. The van der Waals surface area contributed by atoms with Gasteiger partial charge in [0.15, 0.2) is 0 Å². The van der Waals surface area contributed by atoms with Gasteiger partial charge in [-0.2, -0.15) is 0 Å². The number of hydrogen-bond donors (Lipinski definition) is 3. The number of carbonyl (C=O) groups excluding carboxylic acids is 1. The second-order valence-electron chi connectivity index (χ2n) is 5.93. The van der Waals surface area contributed by atoms with Crippen LogP contribution in [-0.4, -0.2) is 34.8 Å². The number of nitrogens with one attached hydrogen (secondary N) is 2. The van der Waals surface area contributed by atoms with Crippen LogP contribution in [0.15, 0.2) is 59.5 Å². The van der Waals surface area contributed by atoms with Crippen molar-refractivity contribution >= 4 is 29.3 Å². The summed E-state index contributed by atoms with van der Waals surface area (Å²) in [5.74, 6) is -0.628. The van der Waals surface area contributed by atoms with Gasteiger partial charge in [-0.1, -0.05) is 42.5 Å². The molecule has 0 aromatic heterocycles. The minimum Gasteiger partial charge on any atom is -0.480 e. The number of aryl methyl sites for hydroxylation is 1. The summed E-state index contributed by atoms with van der Waals surface area (Å²) >= 11 is 1.55. The lowest BCUT2D eigenvalue weighted by atomic mass is 10.0. The Morgan fingerprint density at radius 2 is 1.92 bits per heavy atom. The molecule has 0 radical (unpaired) electrons. The van der Waals surface area contributed by atoms with Crippen molar-refractivity contribution in [2.24, 2.45) is 0 Å². The highest BCUT2D eigenvalue weighted by molar-refractivity contribution is 7.99. The monoisotopic (exact) mass is 356 g/mol. The molecule has 0 saturated carbocycles. The predicted molar refractivity (Wildman–Crippen MR) is 98.9 cm³/mol. The maximum Gasteiger partial charge on any atom is 0.320 e. The summed E-state index contributed by atoms with van der Waals surface area (Å²) in [5.41, 5.74) is 1.86. The first-order valence-electron chi connectivity index (χ1n) is 8.19. The highest BCUT2D eigenvalue weighted by atomic mass is 32.2. The summed E-state index contributed by atoms with van der Waals surface area (Å²) in [6, 6.07) is 16.0. The number of benzene rings is 2. The Labute approximate surface area is 150 Å². The van der Waals surface area contributed by atoms with E-state index >= 15 is 0 Å². The van der Waals surface area contributed by atoms with Gasteiger partial charge in [-0.05, 0) is 30.5 Å². The first-order valence-corrected chi connectivity index (χ1v) is 9.17. The second-order valence-corrected chi connectivity index (χ2v) is 6.99. The van der Waals surface area contributed by atoms with E-state index in [1.54, 1.807) is 11.8 Å². The van der Waals surface area contributed by atoms with Gasteiger partial charge < -0.3 is 10.4 Å². The largest absolute Gasteiger partial charge is 0.480 e. The van der Waals surface area contributed by atoms with E-state index < -0.39 is 18.1 Å². The fraction of sp³-hybridized carbons (Fsp3) is 0.263. The number of aliphatic carboxylic acids is 1. The molecule has 0 fully saturated rings. The van der Waals surface area contributed by atoms with E-state index in [0.717, 1.165) is 16.1 Å². The smallest absolute Gasteiger partial charge is 0.320 e. The number of rotatable bonds is 6. The first-order chi connectivity index (χ1) is 12.1. The van der Waals surface area contributed by atoms with Crippen molar-refractivity contribution in [1.29, 1.82) is 0 Å². The Balaban J connectivity index is 1.64. The molecule has 0 unspecified atom stereocenters. The number of carbonyl (C=O) groups is 2. The molecule has 0 saturated heterocycles. The van der Waals surface area contributed by atoms with Crippen molar-refractivity contribution < 1.29 is 14.7 Å². The first kappa shape index (κ1) is 17.5. The molecule has 0 aliphatic carbocycles. The van der Waals surface area contributed by atoms with E-state index in [9.17, 15) is 14.7 Å². The summed E-state index contributed by atoms with van der Waals surface area (Å²) in [4.78, 5) is 25.0. The van der Waals surface area contributed by atoms with E-state index in [4.69, 9.17) is 0 Å². The molecule has 2 aromatic rings. The van der Waals surface area contributed by atoms with Crippen LogP contribution < -0.4 is 10.6 Å². The summed E-state index contributed by atoms with van der Waals surface area (Å²) in [7, 11) is 0. The number of thioether (sulfide) groups is 1. The second kappa shape index (κ2) is 8.18. The van der Waals surface area contributed by atoms with Gasteiger partial charge in [-0.15, -0.1) is 11.8 Å². The zero-order chi connectivity index (χ0) is 17.6. The van der Waals surface area contributed by atoms with E-state index in [0.29, 0.717) is 18.6 Å². The van der Waals surface area contributed by atoms with Gasteiger partial charge >= 0.3 is 5.97 Å². The molecule has 1 heterocycles. The number of carboxylic acid groups (broad SMARTS) is 1. The Kier molecular flexibility index (Phi) is 5.73. The minimum absolute atomic E-state index is 0.191. The van der Waals surface area contributed by atoms with E-state index in [-0.39, 0.29) is 5.91 Å². The molecule has 3 rings (SSSR count). The van der Waals surface area contributed by atoms with Crippen molar-refractivity contribution in [1.82, 2.24) is 5.32 Å². The van der Waals surface area contributed by atoms with Gasteiger partial charge in [0, 0.05) is 10.6 Å². The fourth-order valence-electron chi connectivity index (χ4n) is 2.76. The van der Waals surface area contributed by atoms with E-state index in [2.05, 4.69) is 10.6 Å². The Hall–Kier alpha value is -2.31. The molecular weight excluding hydrogens is 336 g/mol. The molecule has 1 amide bonds. The van der Waals surface area contributed by atoms with Crippen molar-refractivity contribution in [2.45, 2.75) is 29.8 Å². The van der Waals surface area contributed by atoms with Gasteiger partial charge in [-0.25, -0.2) is 0 Å². The SMILES string of the molecule is O=C1Nc2ccccc2SC[C@@H]1N[C@H](CCc1ccccc1)C(=O)O. The van der Waals surface area contributed by atoms with Crippen LogP contribution in [0.4, 0.5) is 5.69 Å². The van der Waals surface area contributed by atoms with Crippen molar-refractivity contribution in [2.75, 3.05) is 11.1 Å². The molecule has 6 heteroatoms. The lowest BCUT2D eigenvalue weighted by Crippen LogP contribution is -2.50. The maximum absolute atomic E-state index is 12.4. The van der Waals surface area contributed by atoms with E-state index in [1.165, 1.54) is 0 Å². The number of hydrogen-bond acceptors (Lipinski definition) is 4. The van der Waals surface area contributed by atoms with Crippen LogP contribution in [0, 0.1) is 0 Å². The molecule has 130 valence electrons. The van der Waals surface area contributed by atoms with Gasteiger partial charge in [-0.3, -0.25) is 14.9 Å². The van der Waals surface area contributed by atoms with Crippen LogP contribution in [0.25, 0.3) is 0 Å². The lowest BCUT2D eigenvalue weighted by molar-refractivity contribution is -0.140. The summed E-state index contributed by atoms with van der Waals surface area (Å²) < 4.78 is 0. The van der Waals surface area contributed by atoms with Gasteiger partial charge in [0.05, 0.1) is 11.7 Å². The van der Waals surface area contributed by atoms with Crippen LogP contribution in [-0.2, 0) is 16.0 Å². The number of carboxylic acids is 1. The standard InChI is InChI=1S/C19H20N2O3S/c22-18-16(12-25-17-9-5-4-8-14(17)21-18)20-15(19(23)24)11-10-13-6-2-1-3-7-13/h1-9,15-16,20H,10-12H2,(H,21,22)(H,23,24)/t15-,16+/m1/s1. The molecule has 1 aliphatic rings. The van der Waals surface area contributed by atoms with Crippen molar-refractivity contribution in [3.63, 3.8) is 0 Å². The Morgan fingerprint density at radius 3 is 2.68 bits per heavy atom. The topological polar surface area (TPSA) is 78.4 Å². The van der Waals surface area contributed by atoms with Crippen LogP contribution in [0.2, 0.25) is 0 Å². The third-order valence-electron chi connectivity index (χ3n) is 4.13. The Bertz CT molecular complexity index is 751. The average Bonchev–Trinajstić information content (AvgIpc) is 2.78. The highest BCUT2D eigenvalue weighted by Gasteiger charge is 2.28. The van der Waals surface area contributed by atoms with Gasteiger partial charge in [0.2, 0.25) is 5.91 Å². The number of para-hydroxylation sites is 1. The molecule has 25 heavy (non-hydrogen) atoms. The summed E-state index contributed by atoms with van der Waals surface area (Å²) in [6.45, 7) is 0. The van der Waals surface area contributed by atoms with Gasteiger partial charge in [0.1, 0.15) is 6.04 Å². The van der Waals surface area contributed by atoms with E-state index in [1.807, 2.05) is 54.6 Å². The Morgan fingerprint density at radius 1 is 1.20 bits per heavy atom. The zero-order valence-corrected chi connectivity index (χ0v) is 14.5. The third-order valence-corrected chi connectivity index (χ3v) is 5.30. The van der Waals surface area contributed by atoms with Crippen molar-refractivity contribution in [3.8, 4) is 0 Å². The average molecular weight is 356 g/mol. The number of anilines is 1. The maximum atomic E-state index is 12.4. The summed E-state index contributed by atoms with van der Waals surface area (Å²) in [6.07, 6.45) is 1.08. The zero-order valence-electron chi connectivity index (χ0n) is 13.6. The van der Waals surface area contributed by atoms with Gasteiger partial charge in [0.25, 0.3) is 0 Å². The fourth-order valence-corrected chi connectivity index (χ4v) is 3.81. The molecule has 3 N–H and O–H groups in total. The molecular formula is C19H20N2O3S. The number of fused-ring (bicyclic) bond motifs is 1.